The molecule has 9 heteroatoms. The number of rotatable bonds is 21. The van der Waals surface area contributed by atoms with E-state index in [1.54, 1.807) is 24.3 Å². The Morgan fingerprint density at radius 2 is 1.77 bits per heavy atom. The zero-order chi connectivity index (χ0) is 31.6. The Hall–Kier alpha value is -2.20. The van der Waals surface area contributed by atoms with E-state index in [1.807, 2.05) is 6.07 Å². The predicted octanol–water partition coefficient (Wildman–Crippen LogP) is 7.19. The van der Waals surface area contributed by atoms with E-state index in [2.05, 4.69) is 12.2 Å². The van der Waals surface area contributed by atoms with Crippen molar-refractivity contribution < 1.29 is 42.8 Å². The summed E-state index contributed by atoms with van der Waals surface area (Å²) in [5, 5.41) is 19.8. The van der Waals surface area contributed by atoms with E-state index in [9.17, 15) is 23.5 Å². The van der Waals surface area contributed by atoms with Gasteiger partial charge in [-0.2, -0.15) is 0 Å². The Morgan fingerprint density at radius 1 is 0.977 bits per heavy atom. The number of allylic oxidation sites excluding steroid dienone is 2. The molecule has 1 aliphatic heterocycles. The number of aliphatic hydroxyl groups is 2. The standard InChI is InChI=1S/C35H52F2O7/c36-35(37,21-11-12-23-38)22-14-18-29-28(30(39)25-32(29)44-34-20-10-13-24-42-34)17-8-3-1-2-4-9-19-33(41)43-26-31(40)27-15-6-5-7-16-27/h3,5-8,15-16,28-30,32,34,38-39H,1-2,4,9-14,17-26H2/b8-3-/t28-,29-,30+,32-,34?/m1/s1. The van der Waals surface area contributed by atoms with E-state index in [0.29, 0.717) is 57.1 Å². The van der Waals surface area contributed by atoms with Crippen LogP contribution < -0.4 is 0 Å². The summed E-state index contributed by atoms with van der Waals surface area (Å²) in [7, 11) is 0. The highest BCUT2D eigenvalue weighted by molar-refractivity contribution is 5.97. The second kappa shape index (κ2) is 20.0. The molecule has 0 radical (unpaired) electrons. The van der Waals surface area contributed by atoms with Gasteiger partial charge in [-0.3, -0.25) is 9.59 Å². The molecule has 1 heterocycles. The quantitative estimate of drug-likeness (QED) is 0.0648. The Balaban J connectivity index is 1.38. The summed E-state index contributed by atoms with van der Waals surface area (Å²) in [5.74, 6) is -3.42. The largest absolute Gasteiger partial charge is 0.457 e. The molecule has 2 fully saturated rings. The van der Waals surface area contributed by atoms with E-state index in [4.69, 9.17) is 19.3 Å². The number of alkyl halides is 2. The third-order valence-corrected chi connectivity index (χ3v) is 8.78. The smallest absolute Gasteiger partial charge is 0.306 e. The zero-order valence-corrected chi connectivity index (χ0v) is 26.1. The molecule has 1 saturated carbocycles. The number of halogens is 2. The lowest BCUT2D eigenvalue weighted by Crippen LogP contribution is -2.31. The topological polar surface area (TPSA) is 102 Å². The molecule has 1 saturated heterocycles. The molecule has 1 aromatic rings. The van der Waals surface area contributed by atoms with Gasteiger partial charge in [0.1, 0.15) is 0 Å². The first-order chi connectivity index (χ1) is 21.3. The minimum absolute atomic E-state index is 0.0202. The van der Waals surface area contributed by atoms with Crippen LogP contribution in [-0.4, -0.2) is 66.2 Å². The fraction of sp³-hybridized carbons (Fsp3) is 0.714. The summed E-state index contributed by atoms with van der Waals surface area (Å²) >= 11 is 0. The van der Waals surface area contributed by atoms with Crippen LogP contribution in [0, 0.1) is 11.8 Å². The third kappa shape index (κ3) is 13.4. The highest BCUT2D eigenvalue weighted by Gasteiger charge is 2.43. The van der Waals surface area contributed by atoms with Crippen molar-refractivity contribution in [2.75, 3.05) is 19.8 Å². The normalized spacial score (nSPS) is 24.1. The summed E-state index contributed by atoms with van der Waals surface area (Å²) in [6.45, 7) is 0.346. The molecule has 1 unspecified atom stereocenters. The summed E-state index contributed by atoms with van der Waals surface area (Å²) in [6.07, 6.45) is 11.9. The first-order valence-electron chi connectivity index (χ1n) is 16.6. The van der Waals surface area contributed by atoms with E-state index >= 15 is 0 Å². The number of carbonyl (C=O) groups excluding carboxylic acids is 2. The number of hydrogen-bond acceptors (Lipinski definition) is 7. The minimum Gasteiger partial charge on any atom is -0.457 e. The molecule has 248 valence electrons. The average Bonchev–Trinajstić information content (AvgIpc) is 3.31. The molecule has 2 N–H and O–H groups in total. The van der Waals surface area contributed by atoms with Gasteiger partial charge in [0.25, 0.3) is 0 Å². The second-order valence-corrected chi connectivity index (χ2v) is 12.3. The number of ether oxygens (including phenoxy) is 3. The Bertz CT molecular complexity index is 981. The van der Waals surface area contributed by atoms with Gasteiger partial charge in [0.05, 0.1) is 12.2 Å². The number of unbranched alkanes of at least 4 members (excludes halogenated alkanes) is 4. The molecule has 5 atom stereocenters. The van der Waals surface area contributed by atoms with Gasteiger partial charge in [-0.15, -0.1) is 0 Å². The molecule has 0 amide bonds. The summed E-state index contributed by atoms with van der Waals surface area (Å²) in [4.78, 5) is 24.0. The molecule has 1 aliphatic carbocycles. The van der Waals surface area contributed by atoms with Gasteiger partial charge >= 0.3 is 5.97 Å². The molecule has 2 aliphatic rings. The average molecular weight is 623 g/mol. The van der Waals surface area contributed by atoms with Crippen LogP contribution in [0.4, 0.5) is 8.78 Å². The van der Waals surface area contributed by atoms with E-state index in [1.165, 1.54) is 0 Å². The second-order valence-electron chi connectivity index (χ2n) is 12.3. The van der Waals surface area contributed by atoms with Crippen LogP contribution in [0.3, 0.4) is 0 Å². The Kier molecular flexibility index (Phi) is 16.5. The first kappa shape index (κ1) is 36.3. The third-order valence-electron chi connectivity index (χ3n) is 8.78. The first-order valence-corrected chi connectivity index (χ1v) is 16.6. The maximum absolute atomic E-state index is 14.4. The molecule has 3 rings (SSSR count). The van der Waals surface area contributed by atoms with Gasteiger partial charge in [-0.05, 0) is 82.5 Å². The lowest BCUT2D eigenvalue weighted by atomic mass is 9.85. The number of esters is 1. The molecular formula is C35H52F2O7. The number of ketones is 1. The van der Waals surface area contributed by atoms with Gasteiger partial charge in [0, 0.05) is 44.5 Å². The van der Waals surface area contributed by atoms with Crippen molar-refractivity contribution in [3.05, 3.63) is 48.0 Å². The monoisotopic (exact) mass is 622 g/mol. The van der Waals surface area contributed by atoms with Gasteiger partial charge in [0.15, 0.2) is 18.7 Å². The van der Waals surface area contributed by atoms with Crippen LogP contribution in [-0.2, 0) is 19.0 Å². The number of Topliss-reactive ketones (excluding diaryl/α,β-unsaturated/α-hetero) is 1. The molecule has 44 heavy (non-hydrogen) atoms. The number of aliphatic hydroxyl groups excluding tert-OH is 2. The fourth-order valence-corrected chi connectivity index (χ4v) is 6.27. The summed E-state index contributed by atoms with van der Waals surface area (Å²) < 4.78 is 45.9. The minimum atomic E-state index is -2.75. The SMILES string of the molecule is O=C(CCCCC/C=C\C[C@@H]1[C@@H](CCCC(F)(F)CCCCO)[C@H](OC2CCCCO2)C[C@@H]1O)OCC(=O)c1ccccc1. The van der Waals surface area contributed by atoms with Crippen molar-refractivity contribution in [2.45, 2.75) is 127 Å². The summed E-state index contributed by atoms with van der Waals surface area (Å²) in [6, 6.07) is 8.75. The predicted molar refractivity (Wildman–Crippen MR) is 164 cm³/mol. The van der Waals surface area contributed by atoms with E-state index < -0.39 is 12.0 Å². The van der Waals surface area contributed by atoms with Crippen LogP contribution >= 0.6 is 0 Å². The summed E-state index contributed by atoms with van der Waals surface area (Å²) in [5.41, 5.74) is 0.525. The van der Waals surface area contributed by atoms with Crippen LogP contribution in [0.25, 0.3) is 0 Å². The van der Waals surface area contributed by atoms with Gasteiger partial charge in [0.2, 0.25) is 5.92 Å². The number of carbonyl (C=O) groups is 2. The van der Waals surface area contributed by atoms with Gasteiger partial charge in [-0.1, -0.05) is 48.9 Å². The molecule has 1 aromatic carbocycles. The van der Waals surface area contributed by atoms with Crippen molar-refractivity contribution in [1.29, 1.82) is 0 Å². The van der Waals surface area contributed by atoms with Crippen molar-refractivity contribution >= 4 is 11.8 Å². The number of benzene rings is 1. The highest BCUT2D eigenvalue weighted by atomic mass is 19.3. The Morgan fingerprint density at radius 3 is 2.52 bits per heavy atom. The molecule has 0 aromatic heterocycles. The Labute approximate surface area is 261 Å². The fourth-order valence-electron chi connectivity index (χ4n) is 6.27. The van der Waals surface area contributed by atoms with Crippen molar-refractivity contribution in [3.8, 4) is 0 Å². The van der Waals surface area contributed by atoms with Crippen LogP contribution in [0.1, 0.15) is 113 Å². The highest BCUT2D eigenvalue weighted by Crippen LogP contribution is 2.42. The van der Waals surface area contributed by atoms with Gasteiger partial charge < -0.3 is 24.4 Å². The molecular weight excluding hydrogens is 570 g/mol. The zero-order valence-electron chi connectivity index (χ0n) is 26.1. The van der Waals surface area contributed by atoms with Crippen molar-refractivity contribution in [2.24, 2.45) is 11.8 Å². The van der Waals surface area contributed by atoms with Crippen LogP contribution in [0.2, 0.25) is 0 Å². The lowest BCUT2D eigenvalue weighted by Gasteiger charge is -2.30. The van der Waals surface area contributed by atoms with Crippen molar-refractivity contribution in [1.82, 2.24) is 0 Å². The maximum Gasteiger partial charge on any atom is 0.306 e. The lowest BCUT2D eigenvalue weighted by molar-refractivity contribution is -0.196. The van der Waals surface area contributed by atoms with Crippen LogP contribution in [0.15, 0.2) is 42.5 Å². The molecule has 7 nitrogen and oxygen atoms in total. The number of hydrogen-bond donors (Lipinski definition) is 2. The molecule has 0 spiro atoms. The van der Waals surface area contributed by atoms with E-state index in [-0.39, 0.29) is 68.5 Å². The maximum atomic E-state index is 14.4. The molecule has 0 bridgehead atoms. The van der Waals surface area contributed by atoms with E-state index in [0.717, 1.165) is 38.5 Å². The van der Waals surface area contributed by atoms with Crippen LogP contribution in [0.5, 0.6) is 0 Å². The van der Waals surface area contributed by atoms with Crippen molar-refractivity contribution in [3.63, 3.8) is 0 Å². The van der Waals surface area contributed by atoms with Gasteiger partial charge in [-0.25, -0.2) is 8.78 Å².